The van der Waals surface area contributed by atoms with E-state index in [-0.39, 0.29) is 5.78 Å². The highest BCUT2D eigenvalue weighted by Gasteiger charge is 2.16. The van der Waals surface area contributed by atoms with Crippen LogP contribution in [0.4, 0.5) is 0 Å². The molecule has 0 fully saturated rings. The average Bonchev–Trinajstić information content (AvgIpc) is 2.97. The molecule has 1 aliphatic rings. The summed E-state index contributed by atoms with van der Waals surface area (Å²) in [7, 11) is 3.29. The van der Waals surface area contributed by atoms with E-state index < -0.39 is 0 Å². The molecule has 1 heterocycles. The Hall–Kier alpha value is -1.71. The summed E-state index contributed by atoms with van der Waals surface area (Å²) in [6.45, 7) is 0. The summed E-state index contributed by atoms with van der Waals surface area (Å²) in [4.78, 5) is 13.3. The second-order valence-corrected chi connectivity index (χ2v) is 6.43. The Morgan fingerprint density at radius 1 is 0.900 bits per heavy atom. The third-order valence-electron chi connectivity index (χ3n) is 2.97. The van der Waals surface area contributed by atoms with Crippen LogP contribution in [-0.2, 0) is 0 Å². The monoisotopic (exact) mass is 296 g/mol. The van der Waals surface area contributed by atoms with Crippen LogP contribution in [0.3, 0.4) is 0 Å². The van der Waals surface area contributed by atoms with Gasteiger partial charge in [-0.1, -0.05) is 82.3 Å². The molecule has 0 radical (unpaired) electrons. The van der Waals surface area contributed by atoms with Crippen LogP contribution in [0.5, 0.6) is 0 Å². The number of carbonyl (C=O) groups is 1. The molecule has 0 unspecified atom stereocenters. The van der Waals surface area contributed by atoms with Crippen molar-refractivity contribution in [1.29, 1.82) is 0 Å². The van der Waals surface area contributed by atoms with Gasteiger partial charge < -0.3 is 0 Å². The van der Waals surface area contributed by atoms with Crippen LogP contribution in [-0.4, -0.2) is 5.78 Å². The molecular formula is C17H12OS2. The van der Waals surface area contributed by atoms with E-state index in [0.29, 0.717) is 0 Å². The molecule has 0 saturated heterocycles. The van der Waals surface area contributed by atoms with E-state index in [1.165, 1.54) is 0 Å². The maximum Gasteiger partial charge on any atom is 0.186 e. The normalized spacial score (nSPS) is 16.2. The van der Waals surface area contributed by atoms with Crippen molar-refractivity contribution in [1.82, 2.24) is 0 Å². The van der Waals surface area contributed by atoms with Crippen LogP contribution in [0.15, 0.2) is 77.1 Å². The summed E-state index contributed by atoms with van der Waals surface area (Å²) in [5, 5.41) is 2.10. The van der Waals surface area contributed by atoms with Crippen molar-refractivity contribution < 1.29 is 4.79 Å². The van der Waals surface area contributed by atoms with Gasteiger partial charge in [0.25, 0.3) is 0 Å². The van der Waals surface area contributed by atoms with Gasteiger partial charge in [-0.25, -0.2) is 0 Å². The van der Waals surface area contributed by atoms with Gasteiger partial charge in [-0.05, 0) is 11.0 Å². The van der Waals surface area contributed by atoms with Crippen molar-refractivity contribution in [3.8, 4) is 0 Å². The fourth-order valence-electron chi connectivity index (χ4n) is 1.96. The Balaban J connectivity index is 1.89. The van der Waals surface area contributed by atoms with Crippen molar-refractivity contribution in [2.45, 2.75) is 0 Å². The third kappa shape index (κ3) is 2.89. The Bertz CT molecular complexity index is 673. The molecule has 0 bridgehead atoms. The lowest BCUT2D eigenvalue weighted by atomic mass is 10.0. The Morgan fingerprint density at radius 3 is 2.25 bits per heavy atom. The van der Waals surface area contributed by atoms with Gasteiger partial charge in [-0.3, -0.25) is 4.79 Å². The van der Waals surface area contributed by atoms with Crippen molar-refractivity contribution in [3.05, 3.63) is 88.2 Å². The Kier molecular flexibility index (Phi) is 4.09. The first-order chi connectivity index (χ1) is 9.84. The number of allylic oxidation sites excluding steroid dienone is 2. The number of rotatable bonds is 3. The van der Waals surface area contributed by atoms with Crippen LogP contribution in [0.1, 0.15) is 15.9 Å². The van der Waals surface area contributed by atoms with Crippen LogP contribution in [0, 0.1) is 0 Å². The first-order valence-corrected chi connectivity index (χ1v) is 8.46. The van der Waals surface area contributed by atoms with Crippen molar-refractivity contribution in [3.63, 3.8) is 0 Å². The van der Waals surface area contributed by atoms with Crippen molar-refractivity contribution >= 4 is 32.9 Å². The molecule has 20 heavy (non-hydrogen) atoms. The van der Waals surface area contributed by atoms with Crippen molar-refractivity contribution in [2.75, 3.05) is 0 Å². The topological polar surface area (TPSA) is 17.1 Å². The lowest BCUT2D eigenvalue weighted by molar-refractivity contribution is 0.104. The average molecular weight is 296 g/mol. The van der Waals surface area contributed by atoms with Crippen LogP contribution >= 0.6 is 21.6 Å². The van der Waals surface area contributed by atoms with Gasteiger partial charge in [0, 0.05) is 22.1 Å². The Morgan fingerprint density at radius 2 is 1.55 bits per heavy atom. The lowest BCUT2D eigenvalue weighted by Crippen LogP contribution is -1.95. The molecule has 0 N–H and O–H groups in total. The standard InChI is InChI=1S/C17H12OS2/c18-16(14-9-5-2-6-10-14)11-17-15(12-19-20-17)13-7-3-1-4-8-13/h1-12H/b17-11-. The minimum atomic E-state index is 0.0532. The summed E-state index contributed by atoms with van der Waals surface area (Å²) in [6.07, 6.45) is 1.73. The van der Waals surface area contributed by atoms with Crippen LogP contribution in [0.2, 0.25) is 0 Å². The van der Waals surface area contributed by atoms with E-state index >= 15 is 0 Å². The van der Waals surface area contributed by atoms with E-state index in [4.69, 9.17) is 0 Å². The number of hydrogen-bond donors (Lipinski definition) is 0. The molecule has 3 rings (SSSR count). The molecule has 0 aliphatic carbocycles. The highest BCUT2D eigenvalue weighted by molar-refractivity contribution is 8.80. The zero-order valence-electron chi connectivity index (χ0n) is 10.7. The molecule has 0 atom stereocenters. The minimum absolute atomic E-state index is 0.0532. The van der Waals surface area contributed by atoms with Crippen LogP contribution in [0.25, 0.3) is 5.57 Å². The first kappa shape index (κ1) is 13.3. The smallest absolute Gasteiger partial charge is 0.186 e. The molecule has 3 heteroatoms. The summed E-state index contributed by atoms with van der Waals surface area (Å²) in [6, 6.07) is 19.5. The summed E-state index contributed by atoms with van der Waals surface area (Å²) < 4.78 is 0. The van der Waals surface area contributed by atoms with Gasteiger partial charge in [-0.2, -0.15) is 0 Å². The molecular weight excluding hydrogens is 284 g/mol. The molecule has 98 valence electrons. The van der Waals surface area contributed by atoms with Gasteiger partial charge in [0.2, 0.25) is 0 Å². The predicted octanol–water partition coefficient (Wildman–Crippen LogP) is 5.19. The van der Waals surface area contributed by atoms with Gasteiger partial charge in [0.05, 0.1) is 0 Å². The molecule has 1 nitrogen and oxygen atoms in total. The van der Waals surface area contributed by atoms with Crippen LogP contribution < -0.4 is 0 Å². The van der Waals surface area contributed by atoms with Crippen molar-refractivity contribution in [2.24, 2.45) is 0 Å². The highest BCUT2D eigenvalue weighted by Crippen LogP contribution is 2.48. The van der Waals surface area contributed by atoms with Gasteiger partial charge in [0.15, 0.2) is 5.78 Å². The van der Waals surface area contributed by atoms with Gasteiger partial charge >= 0.3 is 0 Å². The maximum absolute atomic E-state index is 12.3. The largest absolute Gasteiger partial charge is 0.289 e. The maximum atomic E-state index is 12.3. The summed E-state index contributed by atoms with van der Waals surface area (Å²) in [5.74, 6) is 0.0532. The number of ketones is 1. The van der Waals surface area contributed by atoms with E-state index in [2.05, 4.69) is 17.5 Å². The number of carbonyl (C=O) groups excluding carboxylic acids is 1. The van der Waals surface area contributed by atoms with E-state index in [1.807, 2.05) is 48.5 Å². The predicted molar refractivity (Wildman–Crippen MR) is 88.5 cm³/mol. The zero-order chi connectivity index (χ0) is 13.8. The lowest BCUT2D eigenvalue weighted by Gasteiger charge is -2.04. The molecule has 2 aromatic rings. The number of hydrogen-bond acceptors (Lipinski definition) is 3. The molecule has 0 saturated carbocycles. The fraction of sp³-hybridized carbons (Fsp3) is 0. The number of benzene rings is 2. The van der Waals surface area contributed by atoms with Gasteiger partial charge in [-0.15, -0.1) is 0 Å². The molecule has 0 aromatic heterocycles. The van der Waals surface area contributed by atoms with E-state index in [0.717, 1.165) is 21.6 Å². The minimum Gasteiger partial charge on any atom is -0.289 e. The third-order valence-corrected chi connectivity index (χ3v) is 5.04. The second kappa shape index (κ2) is 6.16. The van der Waals surface area contributed by atoms with E-state index in [1.54, 1.807) is 27.7 Å². The fourth-order valence-corrected chi connectivity index (χ4v) is 4.13. The Labute approximate surface area is 126 Å². The molecule has 2 aromatic carbocycles. The second-order valence-electron chi connectivity index (χ2n) is 4.32. The first-order valence-electron chi connectivity index (χ1n) is 6.25. The van der Waals surface area contributed by atoms with E-state index in [9.17, 15) is 4.79 Å². The quantitative estimate of drug-likeness (QED) is 0.441. The summed E-state index contributed by atoms with van der Waals surface area (Å²) in [5.41, 5.74) is 3.01. The molecule has 0 amide bonds. The highest BCUT2D eigenvalue weighted by atomic mass is 33.1. The van der Waals surface area contributed by atoms with Gasteiger partial charge in [0.1, 0.15) is 0 Å². The zero-order valence-corrected chi connectivity index (χ0v) is 12.3. The SMILES string of the molecule is O=C(/C=C1\SSC=C1c1ccccc1)c1ccccc1. The summed E-state index contributed by atoms with van der Waals surface area (Å²) >= 11 is 0. The molecule has 0 spiro atoms. The molecule has 1 aliphatic heterocycles.